The van der Waals surface area contributed by atoms with Crippen LogP contribution in [0.2, 0.25) is 0 Å². The quantitative estimate of drug-likeness (QED) is 0.471. The molecule has 78 valence electrons. The van der Waals surface area contributed by atoms with Crippen molar-refractivity contribution < 1.29 is 31.4 Å². The van der Waals surface area contributed by atoms with Crippen molar-refractivity contribution in [3.8, 4) is 0 Å². The third-order valence-electron chi connectivity index (χ3n) is 1.88. The summed E-state index contributed by atoms with van der Waals surface area (Å²) in [6, 6.07) is 0.0577. The number of allylic oxidation sites excluding steroid dienone is 1. The van der Waals surface area contributed by atoms with Crippen LogP contribution in [0.4, 0.5) is 0 Å². The van der Waals surface area contributed by atoms with E-state index in [9.17, 15) is 4.79 Å². The summed E-state index contributed by atoms with van der Waals surface area (Å²) in [7, 11) is 0. The number of nitrogens with zero attached hydrogens (tertiary/aromatic N) is 1. The van der Waals surface area contributed by atoms with Crippen LogP contribution in [0.15, 0.2) is 31.4 Å². The fourth-order valence-corrected chi connectivity index (χ4v) is 1.17. The molecule has 0 saturated carbocycles. The van der Waals surface area contributed by atoms with Gasteiger partial charge < -0.3 is 22.1 Å². The lowest BCUT2D eigenvalue weighted by molar-refractivity contribution is -0.711. The molecular weight excluding hydrogens is 248 g/mol. The zero-order chi connectivity index (χ0) is 9.68. The minimum atomic E-state index is -0.775. The highest BCUT2D eigenvalue weighted by Gasteiger charge is 2.12. The number of H-pyrrole nitrogens is 1. The average Bonchev–Trinajstić information content (AvgIpc) is 2.58. The van der Waals surface area contributed by atoms with Crippen LogP contribution in [0.1, 0.15) is 18.9 Å². The molecule has 0 bridgehead atoms. The van der Waals surface area contributed by atoms with Crippen LogP contribution < -0.4 is 21.5 Å². The van der Waals surface area contributed by atoms with Crippen LogP contribution in [0.25, 0.3) is 0 Å². The summed E-state index contributed by atoms with van der Waals surface area (Å²) in [5, 5.41) is 8.50. The molecule has 1 rings (SSSR count). The summed E-state index contributed by atoms with van der Waals surface area (Å²) in [5.41, 5.74) is 0. The number of rotatable bonds is 5. The molecule has 1 unspecified atom stereocenters. The third kappa shape index (κ3) is 3.74. The summed E-state index contributed by atoms with van der Waals surface area (Å²) in [6.07, 6.45) is 7.91. The van der Waals surface area contributed by atoms with Gasteiger partial charge >= 0.3 is 5.97 Å². The zero-order valence-corrected chi connectivity index (χ0v) is 9.27. The van der Waals surface area contributed by atoms with Gasteiger partial charge in [-0.15, -0.1) is 0 Å². The predicted molar refractivity (Wildman–Crippen MR) is 47.1 cm³/mol. The third-order valence-corrected chi connectivity index (χ3v) is 1.88. The monoisotopic (exact) mass is 260 g/mol. The van der Waals surface area contributed by atoms with Gasteiger partial charge in [-0.3, -0.25) is 9.78 Å². The first-order chi connectivity index (χ1) is 6.24. The molecule has 1 aromatic heterocycles. The Kier molecular flexibility index (Phi) is 5.87. The van der Waals surface area contributed by atoms with Crippen molar-refractivity contribution in [3.05, 3.63) is 31.4 Å². The van der Waals surface area contributed by atoms with Crippen LogP contribution in [0.5, 0.6) is 0 Å². The Labute approximate surface area is 93.0 Å². The minimum Gasteiger partial charge on any atom is -1.00 e. The standard InChI is InChI=1S/C9H12N2O2.BrH/c1-2-8(3-4-9(12)13)11-6-5-10-7-11;/h2,5-8H,1,3-4H2,(H,12,13);1H. The summed E-state index contributed by atoms with van der Waals surface area (Å²) in [6.45, 7) is 3.67. The summed E-state index contributed by atoms with van der Waals surface area (Å²) < 4.78 is 1.90. The predicted octanol–water partition coefficient (Wildman–Crippen LogP) is -2.10. The van der Waals surface area contributed by atoms with Crippen LogP contribution in [-0.4, -0.2) is 16.1 Å². The van der Waals surface area contributed by atoms with E-state index in [1.165, 1.54) is 0 Å². The van der Waals surface area contributed by atoms with Gasteiger partial charge in [-0.25, -0.2) is 4.57 Å². The van der Waals surface area contributed by atoms with Crippen molar-refractivity contribution in [2.24, 2.45) is 0 Å². The number of carbonyl (C=O) groups is 1. The number of carboxylic acids is 1. The molecule has 2 N–H and O–H groups in total. The lowest BCUT2D eigenvalue weighted by atomic mass is 10.1. The number of imidazole rings is 1. The highest BCUT2D eigenvalue weighted by atomic mass is 79.9. The average molecular weight is 261 g/mol. The molecule has 4 nitrogen and oxygen atoms in total. The number of aromatic nitrogens is 2. The molecule has 0 saturated heterocycles. The maximum atomic E-state index is 10.3. The number of aromatic amines is 1. The second-order valence-electron chi connectivity index (χ2n) is 2.79. The van der Waals surface area contributed by atoms with Gasteiger partial charge in [-0.1, -0.05) is 6.58 Å². The van der Waals surface area contributed by atoms with Crippen LogP contribution in [0.3, 0.4) is 0 Å². The van der Waals surface area contributed by atoms with Crippen LogP contribution >= 0.6 is 0 Å². The Morgan fingerprint density at radius 3 is 2.86 bits per heavy atom. The lowest BCUT2D eigenvalue weighted by Crippen LogP contribution is -3.00. The van der Waals surface area contributed by atoms with Gasteiger partial charge in [0, 0.05) is 12.8 Å². The molecular formula is C9H13BrN2O2. The van der Waals surface area contributed by atoms with E-state index in [1.54, 1.807) is 18.6 Å². The van der Waals surface area contributed by atoms with Gasteiger partial charge in [0.05, 0.1) is 0 Å². The normalized spacial score (nSPS) is 11.4. The van der Waals surface area contributed by atoms with Crippen molar-refractivity contribution in [2.45, 2.75) is 18.9 Å². The van der Waals surface area contributed by atoms with Gasteiger partial charge in [-0.05, 0) is 6.08 Å². The van der Waals surface area contributed by atoms with E-state index < -0.39 is 5.97 Å². The first-order valence-electron chi connectivity index (χ1n) is 4.12. The molecule has 1 atom stereocenters. The number of carboxylic acid groups (broad SMARTS) is 1. The summed E-state index contributed by atoms with van der Waals surface area (Å²) >= 11 is 0. The molecule has 0 aliphatic rings. The van der Waals surface area contributed by atoms with E-state index in [2.05, 4.69) is 11.6 Å². The smallest absolute Gasteiger partial charge is 0.303 e. The maximum Gasteiger partial charge on any atom is 0.303 e. The number of halogens is 1. The van der Waals surface area contributed by atoms with Gasteiger partial charge in [0.25, 0.3) is 0 Å². The molecule has 0 aliphatic carbocycles. The molecule has 1 heterocycles. The molecule has 14 heavy (non-hydrogen) atoms. The molecule has 0 radical (unpaired) electrons. The Morgan fingerprint density at radius 1 is 1.71 bits per heavy atom. The molecule has 0 aliphatic heterocycles. The Hall–Kier alpha value is -1.10. The Bertz CT molecular complexity index is 285. The molecule has 0 spiro atoms. The topological polar surface area (TPSA) is 57.0 Å². The largest absolute Gasteiger partial charge is 1.00 e. The Morgan fingerprint density at radius 2 is 2.43 bits per heavy atom. The van der Waals surface area contributed by atoms with Gasteiger partial charge in [0.1, 0.15) is 18.4 Å². The first kappa shape index (κ1) is 12.9. The van der Waals surface area contributed by atoms with Gasteiger partial charge in [0.15, 0.2) is 0 Å². The summed E-state index contributed by atoms with van der Waals surface area (Å²) in [4.78, 5) is 13.2. The SMILES string of the molecule is C=CC(CCC(=O)O)[n+]1cc[nH]c1.[Br-]. The minimum absolute atomic E-state index is 0. The fourth-order valence-electron chi connectivity index (χ4n) is 1.17. The lowest BCUT2D eigenvalue weighted by Gasteiger charge is -2.05. The van der Waals surface area contributed by atoms with Gasteiger partial charge in [-0.2, -0.15) is 0 Å². The van der Waals surface area contributed by atoms with E-state index in [1.807, 2.05) is 10.8 Å². The van der Waals surface area contributed by atoms with Crippen LogP contribution in [0, 0.1) is 0 Å². The zero-order valence-electron chi connectivity index (χ0n) is 7.69. The van der Waals surface area contributed by atoms with Crippen molar-refractivity contribution in [2.75, 3.05) is 0 Å². The molecule has 5 heteroatoms. The Balaban J connectivity index is 0.00000169. The number of nitrogens with one attached hydrogen (secondary N) is 1. The van der Waals surface area contributed by atoms with Crippen LogP contribution in [-0.2, 0) is 4.79 Å². The van der Waals surface area contributed by atoms with Gasteiger partial charge in [0.2, 0.25) is 6.33 Å². The highest BCUT2D eigenvalue weighted by Crippen LogP contribution is 2.06. The molecule has 1 aromatic rings. The fraction of sp³-hybridized carbons (Fsp3) is 0.333. The number of aliphatic carboxylic acids is 1. The molecule has 0 aromatic carbocycles. The van der Waals surface area contributed by atoms with Crippen molar-refractivity contribution in [3.63, 3.8) is 0 Å². The highest BCUT2D eigenvalue weighted by molar-refractivity contribution is 5.66. The second-order valence-corrected chi connectivity index (χ2v) is 2.79. The molecule has 0 amide bonds. The number of hydrogen-bond donors (Lipinski definition) is 2. The van der Waals surface area contributed by atoms with E-state index in [4.69, 9.17) is 5.11 Å². The maximum absolute atomic E-state index is 10.3. The van der Waals surface area contributed by atoms with Crippen molar-refractivity contribution in [1.82, 2.24) is 4.98 Å². The second kappa shape index (κ2) is 6.37. The van der Waals surface area contributed by atoms with E-state index >= 15 is 0 Å². The van der Waals surface area contributed by atoms with E-state index in [0.717, 1.165) is 0 Å². The van der Waals surface area contributed by atoms with E-state index in [-0.39, 0.29) is 29.4 Å². The summed E-state index contributed by atoms with van der Waals surface area (Å²) in [5.74, 6) is -0.775. The van der Waals surface area contributed by atoms with E-state index in [0.29, 0.717) is 6.42 Å². The van der Waals surface area contributed by atoms with Crippen molar-refractivity contribution in [1.29, 1.82) is 0 Å². The molecule has 0 fully saturated rings. The van der Waals surface area contributed by atoms with Crippen molar-refractivity contribution >= 4 is 5.97 Å². The number of hydrogen-bond acceptors (Lipinski definition) is 1. The first-order valence-corrected chi connectivity index (χ1v) is 4.12.